The van der Waals surface area contributed by atoms with Crippen LogP contribution in [-0.4, -0.2) is 11.0 Å². The van der Waals surface area contributed by atoms with Gasteiger partial charge in [-0.05, 0) is 30.4 Å². The Morgan fingerprint density at radius 1 is 1.43 bits per heavy atom. The van der Waals surface area contributed by atoms with Crippen molar-refractivity contribution in [1.82, 2.24) is 4.98 Å². The third-order valence-electron chi connectivity index (χ3n) is 3.54. The van der Waals surface area contributed by atoms with Crippen LogP contribution in [0, 0.1) is 5.41 Å². The van der Waals surface area contributed by atoms with Gasteiger partial charge in [0.15, 0.2) is 0 Å². The number of rotatable bonds is 3. The van der Waals surface area contributed by atoms with Gasteiger partial charge in [-0.15, -0.1) is 0 Å². The Balaban J connectivity index is 2.12. The van der Waals surface area contributed by atoms with Gasteiger partial charge in [-0.25, -0.2) is 0 Å². The first kappa shape index (κ1) is 9.66. The van der Waals surface area contributed by atoms with Crippen molar-refractivity contribution in [1.29, 1.82) is 0 Å². The van der Waals surface area contributed by atoms with Crippen LogP contribution in [0.4, 0.5) is 0 Å². The van der Waals surface area contributed by atoms with Gasteiger partial charge in [0.2, 0.25) is 0 Å². The SMILES string of the molecule is CC(c1ccccn1)C(N)C1(C)CC1. The maximum Gasteiger partial charge on any atom is 0.0447 e. The van der Waals surface area contributed by atoms with Gasteiger partial charge in [0.05, 0.1) is 0 Å². The Morgan fingerprint density at radius 2 is 2.14 bits per heavy atom. The summed E-state index contributed by atoms with van der Waals surface area (Å²) in [6, 6.07) is 6.29. The van der Waals surface area contributed by atoms with E-state index in [2.05, 4.69) is 24.9 Å². The minimum atomic E-state index is 0.248. The average Bonchev–Trinajstić information content (AvgIpc) is 2.97. The first-order chi connectivity index (χ1) is 6.63. The molecule has 76 valence electrons. The highest BCUT2D eigenvalue weighted by atomic mass is 14.8. The zero-order valence-corrected chi connectivity index (χ0v) is 8.90. The van der Waals surface area contributed by atoms with E-state index in [1.54, 1.807) is 0 Å². The second-order valence-corrected chi connectivity index (χ2v) is 4.72. The van der Waals surface area contributed by atoms with Gasteiger partial charge in [-0.2, -0.15) is 0 Å². The molecule has 1 heterocycles. The summed E-state index contributed by atoms with van der Waals surface area (Å²) in [4.78, 5) is 4.36. The largest absolute Gasteiger partial charge is 0.327 e. The van der Waals surface area contributed by atoms with Crippen molar-refractivity contribution >= 4 is 0 Å². The minimum absolute atomic E-state index is 0.248. The fourth-order valence-electron chi connectivity index (χ4n) is 1.96. The molecular formula is C12H18N2. The van der Waals surface area contributed by atoms with Crippen LogP contribution in [0.2, 0.25) is 0 Å². The molecule has 2 rings (SSSR count). The molecule has 2 N–H and O–H groups in total. The normalized spacial score (nSPS) is 22.8. The highest BCUT2D eigenvalue weighted by Crippen LogP contribution is 2.50. The molecule has 2 unspecified atom stereocenters. The highest BCUT2D eigenvalue weighted by molar-refractivity contribution is 5.14. The molecule has 1 aliphatic carbocycles. The van der Waals surface area contributed by atoms with Crippen molar-refractivity contribution < 1.29 is 0 Å². The van der Waals surface area contributed by atoms with Gasteiger partial charge >= 0.3 is 0 Å². The molecule has 0 spiro atoms. The quantitative estimate of drug-likeness (QED) is 0.794. The van der Waals surface area contributed by atoms with Gasteiger partial charge in [-0.3, -0.25) is 4.98 Å². The van der Waals surface area contributed by atoms with Crippen LogP contribution in [0.25, 0.3) is 0 Å². The number of pyridine rings is 1. The highest BCUT2D eigenvalue weighted by Gasteiger charge is 2.45. The first-order valence-corrected chi connectivity index (χ1v) is 5.30. The smallest absolute Gasteiger partial charge is 0.0447 e. The second-order valence-electron chi connectivity index (χ2n) is 4.72. The fraction of sp³-hybridized carbons (Fsp3) is 0.583. The number of nitrogens with two attached hydrogens (primary N) is 1. The van der Waals surface area contributed by atoms with Gasteiger partial charge in [0.25, 0.3) is 0 Å². The number of hydrogen-bond acceptors (Lipinski definition) is 2. The van der Waals surface area contributed by atoms with E-state index in [0.29, 0.717) is 11.3 Å². The third-order valence-corrected chi connectivity index (χ3v) is 3.54. The first-order valence-electron chi connectivity index (χ1n) is 5.30. The molecule has 0 saturated heterocycles. The molecule has 1 aromatic rings. The van der Waals surface area contributed by atoms with E-state index >= 15 is 0 Å². The monoisotopic (exact) mass is 190 g/mol. The molecule has 14 heavy (non-hydrogen) atoms. The summed E-state index contributed by atoms with van der Waals surface area (Å²) in [6.07, 6.45) is 4.38. The Bertz CT molecular complexity index is 303. The number of hydrogen-bond donors (Lipinski definition) is 1. The van der Waals surface area contributed by atoms with Crippen LogP contribution in [0.3, 0.4) is 0 Å². The molecule has 1 aromatic heterocycles. The number of aromatic nitrogens is 1. The van der Waals surface area contributed by atoms with Crippen LogP contribution in [0.15, 0.2) is 24.4 Å². The molecule has 1 fully saturated rings. The lowest BCUT2D eigenvalue weighted by molar-refractivity contribution is 0.382. The predicted molar refractivity (Wildman–Crippen MR) is 58.0 cm³/mol. The number of nitrogens with zero attached hydrogens (tertiary/aromatic N) is 1. The fourth-order valence-corrected chi connectivity index (χ4v) is 1.96. The van der Waals surface area contributed by atoms with Crippen molar-refractivity contribution in [2.45, 2.75) is 38.6 Å². The molecule has 2 nitrogen and oxygen atoms in total. The van der Waals surface area contributed by atoms with Crippen molar-refractivity contribution in [3.63, 3.8) is 0 Å². The van der Waals surface area contributed by atoms with Crippen LogP contribution < -0.4 is 5.73 Å². The molecule has 2 heteroatoms. The lowest BCUT2D eigenvalue weighted by atomic mass is 9.86. The summed E-state index contributed by atoms with van der Waals surface area (Å²) in [5.41, 5.74) is 7.74. The summed E-state index contributed by atoms with van der Waals surface area (Å²) in [5, 5.41) is 0. The second kappa shape index (κ2) is 3.35. The Kier molecular flexibility index (Phi) is 2.31. The van der Waals surface area contributed by atoms with Crippen LogP contribution in [-0.2, 0) is 0 Å². The van der Waals surface area contributed by atoms with E-state index in [1.807, 2.05) is 18.3 Å². The maximum absolute atomic E-state index is 6.25. The lowest BCUT2D eigenvalue weighted by Crippen LogP contribution is -2.35. The molecular weight excluding hydrogens is 172 g/mol. The van der Waals surface area contributed by atoms with E-state index in [-0.39, 0.29) is 6.04 Å². The summed E-state index contributed by atoms with van der Waals surface area (Å²) >= 11 is 0. The molecule has 0 bridgehead atoms. The molecule has 1 saturated carbocycles. The van der Waals surface area contributed by atoms with Gasteiger partial charge in [-0.1, -0.05) is 19.9 Å². The third kappa shape index (κ3) is 1.67. The van der Waals surface area contributed by atoms with Gasteiger partial charge in [0.1, 0.15) is 0 Å². The summed E-state index contributed by atoms with van der Waals surface area (Å²) in [5.74, 6) is 0.365. The van der Waals surface area contributed by atoms with E-state index in [4.69, 9.17) is 5.73 Å². The molecule has 0 radical (unpaired) electrons. The van der Waals surface area contributed by atoms with E-state index in [1.165, 1.54) is 12.8 Å². The average molecular weight is 190 g/mol. The van der Waals surface area contributed by atoms with Gasteiger partial charge < -0.3 is 5.73 Å². The van der Waals surface area contributed by atoms with Crippen LogP contribution in [0.1, 0.15) is 38.3 Å². The maximum atomic E-state index is 6.25. The van der Waals surface area contributed by atoms with Crippen molar-refractivity contribution in [3.8, 4) is 0 Å². The summed E-state index contributed by atoms with van der Waals surface area (Å²) in [6.45, 7) is 4.45. The minimum Gasteiger partial charge on any atom is -0.327 e. The standard InChI is InChI=1S/C12H18N2/c1-9(10-5-3-4-8-14-10)11(13)12(2)6-7-12/h3-5,8-9,11H,6-7,13H2,1-2H3. The van der Waals surface area contributed by atoms with Crippen molar-refractivity contribution in [2.24, 2.45) is 11.1 Å². The van der Waals surface area contributed by atoms with Gasteiger partial charge in [0, 0.05) is 23.9 Å². The molecule has 0 aliphatic heterocycles. The topological polar surface area (TPSA) is 38.9 Å². The van der Waals surface area contributed by atoms with E-state index in [0.717, 1.165) is 5.69 Å². The van der Waals surface area contributed by atoms with E-state index < -0.39 is 0 Å². The Hall–Kier alpha value is -0.890. The zero-order valence-electron chi connectivity index (χ0n) is 8.90. The molecule has 2 atom stereocenters. The van der Waals surface area contributed by atoms with Crippen LogP contribution >= 0.6 is 0 Å². The summed E-state index contributed by atoms with van der Waals surface area (Å²) < 4.78 is 0. The Morgan fingerprint density at radius 3 is 2.64 bits per heavy atom. The molecule has 0 aromatic carbocycles. The van der Waals surface area contributed by atoms with Crippen LogP contribution in [0.5, 0.6) is 0 Å². The van der Waals surface area contributed by atoms with Crippen molar-refractivity contribution in [3.05, 3.63) is 30.1 Å². The predicted octanol–water partition coefficient (Wildman–Crippen LogP) is 2.31. The van der Waals surface area contributed by atoms with Crippen molar-refractivity contribution in [2.75, 3.05) is 0 Å². The van der Waals surface area contributed by atoms with E-state index in [9.17, 15) is 0 Å². The lowest BCUT2D eigenvalue weighted by Gasteiger charge is -2.25. The molecule has 1 aliphatic rings. The Labute approximate surface area is 85.5 Å². The summed E-state index contributed by atoms with van der Waals surface area (Å²) in [7, 11) is 0. The zero-order chi connectivity index (χ0) is 10.2. The molecule has 0 amide bonds.